The van der Waals surface area contributed by atoms with E-state index in [0.717, 1.165) is 0 Å². The van der Waals surface area contributed by atoms with E-state index in [1.807, 2.05) is 0 Å². The van der Waals surface area contributed by atoms with Gasteiger partial charge in [-0.3, -0.25) is 35.5 Å². The molecule has 0 amide bonds. The molecule has 3 rings (SSSR count). The second-order valence-corrected chi connectivity index (χ2v) is 6.98. The third-order valence-corrected chi connectivity index (χ3v) is 5.06. The molecule has 9 heteroatoms. The van der Waals surface area contributed by atoms with E-state index in [0.29, 0.717) is 11.1 Å². The van der Waals surface area contributed by atoms with Crippen LogP contribution in [0.5, 0.6) is 0 Å². The molecule has 0 saturated carbocycles. The molecule has 1 aliphatic heterocycles. The molecule has 1 fully saturated rings. The summed E-state index contributed by atoms with van der Waals surface area (Å²) in [5.41, 5.74) is 0.0372. The van der Waals surface area contributed by atoms with Gasteiger partial charge in [0.15, 0.2) is 0 Å². The van der Waals surface area contributed by atoms with Gasteiger partial charge in [0.05, 0.1) is 0 Å². The Bertz CT molecular complexity index is 734. The van der Waals surface area contributed by atoms with Crippen LogP contribution in [0, 0.1) is 25.6 Å². The largest absolute Gasteiger partial charge is 0.291 e. The number of aromatic nitrogens is 2. The summed E-state index contributed by atoms with van der Waals surface area (Å²) in [6.45, 7) is 3.17. The molecular weight excluding hydrogens is 338 g/mol. The Morgan fingerprint density at radius 2 is 1.35 bits per heavy atom. The number of nitrogens with zero attached hydrogens (tertiary/aromatic N) is 4. The Morgan fingerprint density at radius 1 is 0.923 bits per heavy atom. The van der Waals surface area contributed by atoms with Gasteiger partial charge in [-0.05, 0) is 37.1 Å². The number of rotatable bonds is 4. The van der Waals surface area contributed by atoms with Gasteiger partial charge < -0.3 is 0 Å². The first-order valence-electron chi connectivity index (χ1n) is 8.17. The second kappa shape index (κ2) is 6.75. The Kier molecular flexibility index (Phi) is 4.64. The van der Waals surface area contributed by atoms with E-state index in [1.54, 1.807) is 62.9 Å². The fourth-order valence-electron chi connectivity index (χ4n) is 3.87. The zero-order valence-electron chi connectivity index (χ0n) is 14.4. The molecule has 1 aliphatic rings. The summed E-state index contributed by atoms with van der Waals surface area (Å²) in [7, 11) is 0. The van der Waals surface area contributed by atoms with E-state index < -0.39 is 39.4 Å². The molecule has 9 nitrogen and oxygen atoms in total. The van der Waals surface area contributed by atoms with Crippen molar-refractivity contribution < 1.29 is 9.85 Å². The highest BCUT2D eigenvalue weighted by Gasteiger charge is 2.62. The molecule has 1 saturated heterocycles. The predicted molar refractivity (Wildman–Crippen MR) is 92.4 cm³/mol. The molecule has 26 heavy (non-hydrogen) atoms. The van der Waals surface area contributed by atoms with Gasteiger partial charge in [0.25, 0.3) is 0 Å². The average molecular weight is 357 g/mol. The van der Waals surface area contributed by atoms with Crippen molar-refractivity contribution in [2.45, 2.75) is 38.0 Å². The molecule has 0 bridgehead atoms. The van der Waals surface area contributed by atoms with Crippen molar-refractivity contribution in [3.8, 4) is 0 Å². The molecule has 0 spiro atoms. The summed E-state index contributed by atoms with van der Waals surface area (Å²) in [4.78, 5) is 31.0. The molecule has 0 radical (unpaired) electrons. The Balaban J connectivity index is 2.14. The second-order valence-electron chi connectivity index (χ2n) is 6.98. The zero-order chi connectivity index (χ0) is 18.9. The number of pyridine rings is 2. The molecule has 2 aromatic rings. The lowest BCUT2D eigenvalue weighted by molar-refractivity contribution is -0.605. The Morgan fingerprint density at radius 3 is 1.65 bits per heavy atom. The first-order chi connectivity index (χ1) is 12.3. The summed E-state index contributed by atoms with van der Waals surface area (Å²) in [5.74, 6) is 0. The highest BCUT2D eigenvalue weighted by atomic mass is 16.6. The van der Waals surface area contributed by atoms with E-state index in [9.17, 15) is 20.2 Å². The standard InChI is InChI=1S/C17H19N5O4/c1-17(2)15(21(23)24)13(11-5-3-7-18-9-11)20-14(16(17)22(25)26)12-6-4-8-19-10-12/h3-10,13-16,20H,1-2H3. The number of nitrogens with one attached hydrogen (secondary N) is 1. The molecule has 0 aromatic carbocycles. The first kappa shape index (κ1) is 17.9. The number of hydrogen-bond donors (Lipinski definition) is 1. The van der Waals surface area contributed by atoms with E-state index in [2.05, 4.69) is 15.3 Å². The molecule has 4 unspecified atom stereocenters. The molecular formula is C17H19N5O4. The number of piperidine rings is 1. The van der Waals surface area contributed by atoms with Gasteiger partial charge in [-0.2, -0.15) is 0 Å². The van der Waals surface area contributed by atoms with E-state index in [1.165, 1.54) is 0 Å². The van der Waals surface area contributed by atoms with Gasteiger partial charge in [-0.1, -0.05) is 12.1 Å². The van der Waals surface area contributed by atoms with Gasteiger partial charge in [0, 0.05) is 34.6 Å². The minimum atomic E-state index is -1.21. The highest BCUT2D eigenvalue weighted by Crippen LogP contribution is 2.46. The maximum absolute atomic E-state index is 11.9. The van der Waals surface area contributed by atoms with E-state index >= 15 is 0 Å². The predicted octanol–water partition coefficient (Wildman–Crippen LogP) is 2.18. The monoisotopic (exact) mass is 357 g/mol. The topological polar surface area (TPSA) is 124 Å². The van der Waals surface area contributed by atoms with Crippen LogP contribution >= 0.6 is 0 Å². The first-order valence-corrected chi connectivity index (χ1v) is 8.17. The molecule has 0 aliphatic carbocycles. The molecule has 1 N–H and O–H groups in total. The maximum atomic E-state index is 11.9. The molecule has 4 atom stereocenters. The number of nitro groups is 2. The van der Waals surface area contributed by atoms with Crippen molar-refractivity contribution in [3.05, 3.63) is 80.4 Å². The Hall–Kier alpha value is -2.94. The van der Waals surface area contributed by atoms with Gasteiger partial charge in [-0.25, -0.2) is 0 Å². The third kappa shape index (κ3) is 3.01. The van der Waals surface area contributed by atoms with Crippen LogP contribution in [0.15, 0.2) is 49.1 Å². The summed E-state index contributed by atoms with van der Waals surface area (Å²) < 4.78 is 0. The lowest BCUT2D eigenvalue weighted by Gasteiger charge is -2.44. The van der Waals surface area contributed by atoms with Crippen molar-refractivity contribution in [3.63, 3.8) is 0 Å². The lowest BCUT2D eigenvalue weighted by Crippen LogP contribution is -2.63. The summed E-state index contributed by atoms with van der Waals surface area (Å²) in [5, 5.41) is 26.9. The van der Waals surface area contributed by atoms with Crippen LogP contribution in [0.2, 0.25) is 0 Å². The van der Waals surface area contributed by atoms with E-state index in [-0.39, 0.29) is 0 Å². The van der Waals surface area contributed by atoms with Crippen LogP contribution in [0.4, 0.5) is 0 Å². The summed E-state index contributed by atoms with van der Waals surface area (Å²) in [6.07, 6.45) is 6.27. The van der Waals surface area contributed by atoms with Crippen LogP contribution in [-0.2, 0) is 0 Å². The summed E-state index contributed by atoms with van der Waals surface area (Å²) >= 11 is 0. The highest BCUT2D eigenvalue weighted by molar-refractivity contribution is 5.25. The maximum Gasteiger partial charge on any atom is 0.244 e. The van der Waals surface area contributed by atoms with Gasteiger partial charge in [0.2, 0.25) is 12.1 Å². The van der Waals surface area contributed by atoms with Crippen molar-refractivity contribution in [2.75, 3.05) is 0 Å². The molecule has 3 heterocycles. The van der Waals surface area contributed by atoms with Crippen LogP contribution in [0.3, 0.4) is 0 Å². The smallest absolute Gasteiger partial charge is 0.244 e. The van der Waals surface area contributed by atoms with Crippen molar-refractivity contribution in [2.24, 2.45) is 5.41 Å². The fourth-order valence-corrected chi connectivity index (χ4v) is 3.87. The van der Waals surface area contributed by atoms with Gasteiger partial charge in [0.1, 0.15) is 17.5 Å². The average Bonchev–Trinajstić information content (AvgIpc) is 2.60. The van der Waals surface area contributed by atoms with Crippen molar-refractivity contribution in [1.29, 1.82) is 0 Å². The fraction of sp³-hybridized carbons (Fsp3) is 0.412. The normalized spacial score (nSPS) is 27.6. The summed E-state index contributed by atoms with van der Waals surface area (Å²) in [6, 6.07) is 3.07. The molecule has 136 valence electrons. The quantitative estimate of drug-likeness (QED) is 0.657. The van der Waals surface area contributed by atoms with Crippen LogP contribution in [0.25, 0.3) is 0 Å². The van der Waals surface area contributed by atoms with Crippen LogP contribution in [-0.4, -0.2) is 31.9 Å². The minimum Gasteiger partial charge on any atom is -0.291 e. The minimum absolute atomic E-state index is 0.430. The van der Waals surface area contributed by atoms with Crippen LogP contribution < -0.4 is 5.32 Å². The van der Waals surface area contributed by atoms with Crippen LogP contribution in [0.1, 0.15) is 37.1 Å². The van der Waals surface area contributed by atoms with Crippen molar-refractivity contribution in [1.82, 2.24) is 15.3 Å². The SMILES string of the molecule is CC1(C)C([N+](=O)[O-])C(c2cccnc2)NC(c2cccnc2)C1[N+](=O)[O-]. The van der Waals surface area contributed by atoms with E-state index in [4.69, 9.17) is 0 Å². The van der Waals surface area contributed by atoms with Gasteiger partial charge >= 0.3 is 0 Å². The van der Waals surface area contributed by atoms with Crippen molar-refractivity contribution >= 4 is 0 Å². The van der Waals surface area contributed by atoms with Gasteiger partial charge in [-0.15, -0.1) is 0 Å². The third-order valence-electron chi connectivity index (χ3n) is 5.06. The zero-order valence-corrected chi connectivity index (χ0v) is 14.4. The Labute approximate surface area is 149 Å². The number of hydrogen-bond acceptors (Lipinski definition) is 7. The lowest BCUT2D eigenvalue weighted by atomic mass is 9.66. The molecule has 2 aromatic heterocycles.